The van der Waals surface area contributed by atoms with Crippen LogP contribution in [0.25, 0.3) is 0 Å². The van der Waals surface area contributed by atoms with Crippen LogP contribution in [-0.2, 0) is 16.1 Å². The summed E-state index contributed by atoms with van der Waals surface area (Å²) in [5.41, 5.74) is 1.32. The summed E-state index contributed by atoms with van der Waals surface area (Å²) in [7, 11) is 0. The van der Waals surface area contributed by atoms with Crippen LogP contribution in [0.2, 0.25) is 0 Å². The second-order valence-corrected chi connectivity index (χ2v) is 5.43. The average Bonchev–Trinajstić information content (AvgIpc) is 2.65. The Hall–Kier alpha value is -1.39. The second kappa shape index (κ2) is 7.41. The monoisotopic (exact) mass is 277 g/mol. The topological polar surface area (TPSA) is 49.8 Å². The Balaban J connectivity index is 1.81. The van der Waals surface area contributed by atoms with Crippen LogP contribution >= 0.6 is 0 Å². The van der Waals surface area contributed by atoms with Crippen LogP contribution < -0.4 is 0 Å². The van der Waals surface area contributed by atoms with Crippen molar-refractivity contribution in [2.45, 2.75) is 44.9 Å². The van der Waals surface area contributed by atoms with Gasteiger partial charge in [-0.05, 0) is 38.3 Å². The minimum atomic E-state index is -0.879. The molecule has 4 nitrogen and oxygen atoms in total. The zero-order valence-corrected chi connectivity index (χ0v) is 12.0. The molecule has 2 unspecified atom stereocenters. The maximum absolute atomic E-state index is 10.8. The molecule has 1 N–H and O–H groups in total. The van der Waals surface area contributed by atoms with Gasteiger partial charge in [0.2, 0.25) is 0 Å². The molecule has 0 saturated carbocycles. The van der Waals surface area contributed by atoms with E-state index >= 15 is 0 Å². The number of aliphatic carboxylic acids is 1. The normalized spacial score (nSPS) is 22.1. The van der Waals surface area contributed by atoms with Crippen LogP contribution in [-0.4, -0.2) is 41.3 Å². The summed E-state index contributed by atoms with van der Waals surface area (Å²) in [5, 5.41) is 8.89. The summed E-state index contributed by atoms with van der Waals surface area (Å²) in [6.45, 7) is 4.58. The maximum Gasteiger partial charge on any atom is 0.332 e. The highest BCUT2D eigenvalue weighted by Gasteiger charge is 2.22. The van der Waals surface area contributed by atoms with E-state index in [9.17, 15) is 4.79 Å². The van der Waals surface area contributed by atoms with Gasteiger partial charge in [-0.15, -0.1) is 0 Å². The fourth-order valence-electron chi connectivity index (χ4n) is 2.61. The number of hydrogen-bond donors (Lipinski definition) is 1. The van der Waals surface area contributed by atoms with Gasteiger partial charge in [-0.3, -0.25) is 4.90 Å². The minimum Gasteiger partial charge on any atom is -0.479 e. The van der Waals surface area contributed by atoms with Crippen LogP contribution in [0.3, 0.4) is 0 Å². The first-order valence-corrected chi connectivity index (χ1v) is 7.29. The number of carboxylic acid groups (broad SMARTS) is 1. The molecule has 0 aliphatic carbocycles. The average molecular weight is 277 g/mol. The number of carboxylic acids is 1. The molecule has 1 heterocycles. The molecule has 1 aromatic carbocycles. The lowest BCUT2D eigenvalue weighted by molar-refractivity contribution is -0.153. The Bertz CT molecular complexity index is 421. The van der Waals surface area contributed by atoms with Crippen LogP contribution in [0.1, 0.15) is 31.7 Å². The van der Waals surface area contributed by atoms with Crippen molar-refractivity contribution in [2.75, 3.05) is 13.1 Å². The molecular weight excluding hydrogens is 254 g/mol. The van der Waals surface area contributed by atoms with E-state index < -0.39 is 12.1 Å². The van der Waals surface area contributed by atoms with Gasteiger partial charge < -0.3 is 9.84 Å². The van der Waals surface area contributed by atoms with Gasteiger partial charge in [-0.25, -0.2) is 4.79 Å². The molecule has 2 atom stereocenters. The highest BCUT2D eigenvalue weighted by atomic mass is 16.5. The van der Waals surface area contributed by atoms with Gasteiger partial charge in [0, 0.05) is 13.1 Å². The lowest BCUT2D eigenvalue weighted by Gasteiger charge is -2.21. The lowest BCUT2D eigenvalue weighted by Crippen LogP contribution is -2.28. The molecule has 2 rings (SSSR count). The van der Waals surface area contributed by atoms with Gasteiger partial charge in [0.05, 0.1) is 6.10 Å². The van der Waals surface area contributed by atoms with E-state index in [2.05, 4.69) is 29.2 Å². The number of carbonyl (C=O) groups is 1. The Morgan fingerprint density at radius 3 is 2.80 bits per heavy atom. The molecule has 0 amide bonds. The second-order valence-electron chi connectivity index (χ2n) is 5.43. The molecule has 0 radical (unpaired) electrons. The van der Waals surface area contributed by atoms with Crippen LogP contribution in [0.4, 0.5) is 0 Å². The first-order valence-electron chi connectivity index (χ1n) is 7.29. The molecule has 1 aliphatic heterocycles. The third-order valence-corrected chi connectivity index (χ3v) is 3.76. The fourth-order valence-corrected chi connectivity index (χ4v) is 2.61. The van der Waals surface area contributed by atoms with Crippen molar-refractivity contribution in [1.29, 1.82) is 0 Å². The largest absolute Gasteiger partial charge is 0.479 e. The molecule has 110 valence electrons. The number of hydrogen-bond acceptors (Lipinski definition) is 3. The molecule has 4 heteroatoms. The van der Waals surface area contributed by atoms with E-state index in [1.54, 1.807) is 6.92 Å². The Morgan fingerprint density at radius 2 is 2.10 bits per heavy atom. The molecule has 20 heavy (non-hydrogen) atoms. The van der Waals surface area contributed by atoms with Crippen LogP contribution in [0, 0.1) is 0 Å². The molecule has 0 spiro atoms. The standard InChI is InChI=1S/C16H23NO3/c1-13(16(18)19)20-15-8-5-10-17(11-9-15)12-14-6-3-2-4-7-14/h2-4,6-7,13,15H,5,8-12H2,1H3,(H,18,19). The van der Waals surface area contributed by atoms with E-state index in [1.165, 1.54) is 5.56 Å². The SMILES string of the molecule is CC(OC1CCCN(Cc2ccccc2)CC1)C(=O)O. The molecule has 1 fully saturated rings. The van der Waals surface area contributed by atoms with Gasteiger partial charge in [-0.2, -0.15) is 0 Å². The number of rotatable bonds is 5. The van der Waals surface area contributed by atoms with E-state index in [4.69, 9.17) is 9.84 Å². The van der Waals surface area contributed by atoms with E-state index in [0.29, 0.717) is 0 Å². The van der Waals surface area contributed by atoms with Crippen molar-refractivity contribution in [3.05, 3.63) is 35.9 Å². The Kier molecular flexibility index (Phi) is 5.56. The van der Waals surface area contributed by atoms with Crippen molar-refractivity contribution >= 4 is 5.97 Å². The van der Waals surface area contributed by atoms with Gasteiger partial charge in [0.1, 0.15) is 0 Å². The van der Waals surface area contributed by atoms with Crippen molar-refractivity contribution in [2.24, 2.45) is 0 Å². The van der Waals surface area contributed by atoms with E-state index in [-0.39, 0.29) is 6.10 Å². The number of benzene rings is 1. The summed E-state index contributed by atoms with van der Waals surface area (Å²) in [4.78, 5) is 13.2. The smallest absolute Gasteiger partial charge is 0.332 e. The highest BCUT2D eigenvalue weighted by molar-refractivity contribution is 5.71. The highest BCUT2D eigenvalue weighted by Crippen LogP contribution is 2.17. The maximum atomic E-state index is 10.8. The van der Waals surface area contributed by atoms with E-state index in [1.807, 2.05) is 6.07 Å². The van der Waals surface area contributed by atoms with Crippen LogP contribution in [0.15, 0.2) is 30.3 Å². The Morgan fingerprint density at radius 1 is 1.35 bits per heavy atom. The molecule has 1 saturated heterocycles. The molecule has 1 aromatic rings. The minimum absolute atomic E-state index is 0.0712. The summed E-state index contributed by atoms with van der Waals surface area (Å²) in [6.07, 6.45) is 2.28. The van der Waals surface area contributed by atoms with Crippen molar-refractivity contribution in [1.82, 2.24) is 4.90 Å². The van der Waals surface area contributed by atoms with Crippen LogP contribution in [0.5, 0.6) is 0 Å². The zero-order chi connectivity index (χ0) is 14.4. The van der Waals surface area contributed by atoms with Crippen molar-refractivity contribution in [3.63, 3.8) is 0 Å². The van der Waals surface area contributed by atoms with Gasteiger partial charge >= 0.3 is 5.97 Å². The quantitative estimate of drug-likeness (QED) is 0.898. The van der Waals surface area contributed by atoms with Gasteiger partial charge in [0.25, 0.3) is 0 Å². The van der Waals surface area contributed by atoms with Crippen molar-refractivity contribution < 1.29 is 14.6 Å². The summed E-state index contributed by atoms with van der Waals surface area (Å²) < 4.78 is 5.61. The first-order chi connectivity index (χ1) is 9.65. The number of nitrogens with zero attached hydrogens (tertiary/aromatic N) is 1. The summed E-state index contributed by atoms with van der Waals surface area (Å²) >= 11 is 0. The lowest BCUT2D eigenvalue weighted by atomic mass is 10.1. The van der Waals surface area contributed by atoms with Gasteiger partial charge in [-0.1, -0.05) is 30.3 Å². The fraction of sp³-hybridized carbons (Fsp3) is 0.562. The predicted molar refractivity (Wildman–Crippen MR) is 77.5 cm³/mol. The Labute approximate surface area is 120 Å². The summed E-state index contributed by atoms with van der Waals surface area (Å²) in [5.74, 6) is -0.879. The third kappa shape index (κ3) is 4.62. The predicted octanol–water partition coefficient (Wildman–Crippen LogP) is 2.53. The zero-order valence-electron chi connectivity index (χ0n) is 12.0. The summed E-state index contributed by atoms with van der Waals surface area (Å²) in [6, 6.07) is 10.4. The number of ether oxygens (including phenoxy) is 1. The van der Waals surface area contributed by atoms with Gasteiger partial charge in [0.15, 0.2) is 6.10 Å². The first kappa shape index (κ1) is 15.0. The number of likely N-dealkylation sites (tertiary alicyclic amines) is 1. The molecule has 0 bridgehead atoms. The third-order valence-electron chi connectivity index (χ3n) is 3.76. The van der Waals surface area contributed by atoms with E-state index in [0.717, 1.165) is 38.9 Å². The molecule has 1 aliphatic rings. The van der Waals surface area contributed by atoms with Crippen molar-refractivity contribution in [3.8, 4) is 0 Å². The molecule has 0 aromatic heterocycles. The molecular formula is C16H23NO3.